The number of esters is 1. The van der Waals surface area contributed by atoms with Crippen LogP contribution in [0.4, 0.5) is 5.82 Å². The van der Waals surface area contributed by atoms with E-state index in [-0.39, 0.29) is 18.4 Å². The van der Waals surface area contributed by atoms with E-state index in [1.807, 2.05) is 23.1 Å². The summed E-state index contributed by atoms with van der Waals surface area (Å²) in [6.45, 7) is 1.32. The highest BCUT2D eigenvalue weighted by Gasteiger charge is 2.31. The number of nitrogens with zero attached hydrogens (tertiary/aromatic N) is 3. The number of anilines is 1. The molecule has 2 aromatic rings. The summed E-state index contributed by atoms with van der Waals surface area (Å²) in [5, 5.41) is 10.7. The van der Waals surface area contributed by atoms with Crippen molar-refractivity contribution in [2.24, 2.45) is 0 Å². The van der Waals surface area contributed by atoms with Crippen molar-refractivity contribution >= 4 is 11.8 Å². The number of ether oxygens (including phenoxy) is 3. The first kappa shape index (κ1) is 16.6. The molecule has 8 nitrogen and oxygen atoms in total. The second-order valence-electron chi connectivity index (χ2n) is 6.28. The van der Waals surface area contributed by atoms with Crippen LogP contribution < -0.4 is 14.4 Å². The summed E-state index contributed by atoms with van der Waals surface area (Å²) in [7, 11) is 1.30. The van der Waals surface area contributed by atoms with Gasteiger partial charge in [-0.3, -0.25) is 4.98 Å². The SMILES string of the molecule is COC(=O)c1cncc(N2CC[C@@H](c3ccc4c(c3)OCO4)[C@H](O)C2)n1. The Kier molecular flexibility index (Phi) is 4.34. The number of hydrogen-bond donors (Lipinski definition) is 1. The predicted octanol–water partition coefficient (Wildman–Crippen LogP) is 1.35. The molecule has 2 aliphatic heterocycles. The molecular formula is C18H19N3O5. The first-order chi connectivity index (χ1) is 12.7. The minimum atomic E-state index is -0.576. The van der Waals surface area contributed by atoms with Crippen molar-refractivity contribution in [2.45, 2.75) is 18.4 Å². The lowest BCUT2D eigenvalue weighted by Crippen LogP contribution is -2.43. The number of aliphatic hydroxyl groups excluding tert-OH is 1. The van der Waals surface area contributed by atoms with E-state index in [4.69, 9.17) is 9.47 Å². The second kappa shape index (κ2) is 6.80. The molecule has 0 unspecified atom stereocenters. The summed E-state index contributed by atoms with van der Waals surface area (Å²) >= 11 is 0. The van der Waals surface area contributed by atoms with E-state index in [0.717, 1.165) is 17.7 Å². The van der Waals surface area contributed by atoms with Crippen LogP contribution >= 0.6 is 0 Å². The summed E-state index contributed by atoms with van der Waals surface area (Å²) in [5.41, 5.74) is 1.17. The van der Waals surface area contributed by atoms with Gasteiger partial charge in [0.25, 0.3) is 0 Å². The van der Waals surface area contributed by atoms with Crippen LogP contribution in [0.5, 0.6) is 11.5 Å². The van der Waals surface area contributed by atoms with Gasteiger partial charge in [-0.1, -0.05) is 6.07 Å². The Morgan fingerprint density at radius 2 is 2.15 bits per heavy atom. The summed E-state index contributed by atoms with van der Waals surface area (Å²) < 4.78 is 15.4. The van der Waals surface area contributed by atoms with Crippen molar-refractivity contribution < 1.29 is 24.1 Å². The zero-order valence-corrected chi connectivity index (χ0v) is 14.3. The van der Waals surface area contributed by atoms with Crippen LogP contribution in [0.3, 0.4) is 0 Å². The smallest absolute Gasteiger partial charge is 0.358 e. The molecule has 0 radical (unpaired) electrons. The quantitative estimate of drug-likeness (QED) is 0.823. The Morgan fingerprint density at radius 1 is 1.31 bits per heavy atom. The second-order valence-corrected chi connectivity index (χ2v) is 6.28. The zero-order chi connectivity index (χ0) is 18.1. The molecule has 4 rings (SSSR count). The molecule has 0 spiro atoms. The molecule has 8 heteroatoms. The van der Waals surface area contributed by atoms with E-state index in [9.17, 15) is 9.90 Å². The monoisotopic (exact) mass is 357 g/mol. The van der Waals surface area contributed by atoms with Gasteiger partial charge in [0.2, 0.25) is 6.79 Å². The Hall–Kier alpha value is -2.87. The van der Waals surface area contributed by atoms with Crippen LogP contribution in [-0.4, -0.2) is 54.1 Å². The third kappa shape index (κ3) is 3.03. The third-order valence-corrected chi connectivity index (χ3v) is 4.75. The predicted molar refractivity (Wildman–Crippen MR) is 91.5 cm³/mol. The van der Waals surface area contributed by atoms with E-state index in [0.29, 0.717) is 24.7 Å². The maximum Gasteiger partial charge on any atom is 0.358 e. The van der Waals surface area contributed by atoms with Crippen molar-refractivity contribution in [1.29, 1.82) is 0 Å². The molecular weight excluding hydrogens is 338 g/mol. The number of carbonyl (C=O) groups is 1. The van der Waals surface area contributed by atoms with Gasteiger partial charge in [0.15, 0.2) is 17.2 Å². The first-order valence-corrected chi connectivity index (χ1v) is 8.38. The number of aromatic nitrogens is 2. The lowest BCUT2D eigenvalue weighted by Gasteiger charge is -2.36. The van der Waals surface area contributed by atoms with Crippen LogP contribution in [0.2, 0.25) is 0 Å². The summed E-state index contributed by atoms with van der Waals surface area (Å²) in [6, 6.07) is 5.78. The van der Waals surface area contributed by atoms with E-state index >= 15 is 0 Å². The number of aliphatic hydroxyl groups is 1. The first-order valence-electron chi connectivity index (χ1n) is 8.38. The molecule has 26 heavy (non-hydrogen) atoms. The van der Waals surface area contributed by atoms with Gasteiger partial charge in [-0.25, -0.2) is 9.78 Å². The highest BCUT2D eigenvalue weighted by atomic mass is 16.7. The van der Waals surface area contributed by atoms with Gasteiger partial charge in [0.1, 0.15) is 5.82 Å². The molecule has 2 atom stereocenters. The number of β-amino-alcohol motifs (C(OH)–C–C–N with tert-alkyl or cyclic N) is 1. The third-order valence-electron chi connectivity index (χ3n) is 4.75. The molecule has 0 aliphatic carbocycles. The van der Waals surface area contributed by atoms with Crippen LogP contribution in [-0.2, 0) is 4.74 Å². The number of benzene rings is 1. The van der Waals surface area contributed by atoms with Gasteiger partial charge in [0.05, 0.1) is 25.6 Å². The van der Waals surface area contributed by atoms with Gasteiger partial charge in [0, 0.05) is 19.0 Å². The van der Waals surface area contributed by atoms with Gasteiger partial charge >= 0.3 is 5.97 Å². The molecule has 0 saturated carbocycles. The molecule has 0 bridgehead atoms. The van der Waals surface area contributed by atoms with Crippen molar-refractivity contribution in [2.75, 3.05) is 31.9 Å². The van der Waals surface area contributed by atoms with Crippen molar-refractivity contribution in [3.8, 4) is 11.5 Å². The maximum absolute atomic E-state index is 11.6. The van der Waals surface area contributed by atoms with Crippen LogP contribution in [0.15, 0.2) is 30.6 Å². The molecule has 1 N–H and O–H groups in total. The Morgan fingerprint density at radius 3 is 2.96 bits per heavy atom. The molecule has 1 fully saturated rings. The summed E-state index contributed by atoms with van der Waals surface area (Å²) in [4.78, 5) is 21.9. The fourth-order valence-electron chi connectivity index (χ4n) is 3.38. The molecule has 2 aliphatic rings. The fourth-order valence-corrected chi connectivity index (χ4v) is 3.38. The number of methoxy groups -OCH3 is 1. The van der Waals surface area contributed by atoms with E-state index in [2.05, 4.69) is 14.7 Å². The summed E-state index contributed by atoms with van der Waals surface area (Å²) in [5.74, 6) is 1.47. The van der Waals surface area contributed by atoms with Crippen LogP contribution in [0.25, 0.3) is 0 Å². The molecule has 3 heterocycles. The van der Waals surface area contributed by atoms with E-state index in [1.54, 1.807) is 6.20 Å². The highest BCUT2D eigenvalue weighted by Crippen LogP contribution is 2.37. The Bertz CT molecular complexity index is 828. The van der Waals surface area contributed by atoms with Crippen molar-refractivity contribution in [3.63, 3.8) is 0 Å². The molecule has 0 amide bonds. The van der Waals surface area contributed by atoms with Crippen LogP contribution in [0, 0.1) is 0 Å². The van der Waals surface area contributed by atoms with E-state index in [1.165, 1.54) is 13.3 Å². The fraction of sp³-hybridized carbons (Fsp3) is 0.389. The number of hydrogen-bond acceptors (Lipinski definition) is 8. The highest BCUT2D eigenvalue weighted by molar-refractivity contribution is 5.87. The van der Waals surface area contributed by atoms with Crippen molar-refractivity contribution in [3.05, 3.63) is 41.9 Å². The minimum Gasteiger partial charge on any atom is -0.464 e. The van der Waals surface area contributed by atoms with Gasteiger partial charge in [-0.15, -0.1) is 0 Å². The van der Waals surface area contributed by atoms with E-state index < -0.39 is 12.1 Å². The summed E-state index contributed by atoms with van der Waals surface area (Å²) in [6.07, 6.45) is 3.11. The maximum atomic E-state index is 11.6. The average molecular weight is 357 g/mol. The molecule has 1 aromatic carbocycles. The minimum absolute atomic E-state index is 0.00232. The molecule has 1 saturated heterocycles. The number of carbonyl (C=O) groups excluding carboxylic acids is 1. The van der Waals surface area contributed by atoms with Gasteiger partial charge < -0.3 is 24.2 Å². The number of rotatable bonds is 3. The topological polar surface area (TPSA) is 94.0 Å². The molecule has 136 valence electrons. The van der Waals surface area contributed by atoms with Crippen LogP contribution in [0.1, 0.15) is 28.4 Å². The number of fused-ring (bicyclic) bond motifs is 1. The normalized spacial score (nSPS) is 21.5. The largest absolute Gasteiger partial charge is 0.464 e. The average Bonchev–Trinajstić information content (AvgIpc) is 3.15. The number of piperidine rings is 1. The lowest BCUT2D eigenvalue weighted by atomic mass is 9.87. The van der Waals surface area contributed by atoms with Gasteiger partial charge in [-0.2, -0.15) is 0 Å². The lowest BCUT2D eigenvalue weighted by molar-refractivity contribution is 0.0593. The Labute approximate surface area is 150 Å². The molecule has 1 aromatic heterocycles. The van der Waals surface area contributed by atoms with Gasteiger partial charge in [-0.05, 0) is 24.1 Å². The standard InChI is InChI=1S/C18H19N3O5/c1-24-18(23)13-7-19-8-17(20-13)21-5-4-12(14(22)9-21)11-2-3-15-16(6-11)26-10-25-15/h2-3,6-8,12,14,22H,4-5,9-10H2,1H3/t12-,14+/m0/s1. The van der Waals surface area contributed by atoms with Crippen molar-refractivity contribution in [1.82, 2.24) is 9.97 Å². The zero-order valence-electron chi connectivity index (χ0n) is 14.3. The Balaban J connectivity index is 1.49.